The normalized spacial score (nSPS) is 17.6. The first-order valence-corrected chi connectivity index (χ1v) is 9.06. The highest BCUT2D eigenvalue weighted by molar-refractivity contribution is 6.51. The first kappa shape index (κ1) is 18.7. The van der Waals surface area contributed by atoms with Crippen LogP contribution in [0.2, 0.25) is 0 Å². The molecule has 3 rings (SSSR count). The van der Waals surface area contributed by atoms with Gasteiger partial charge in [0, 0.05) is 20.6 Å². The Morgan fingerprint density at radius 1 is 1.11 bits per heavy atom. The number of carbonyl (C=O) groups excluding carboxylic acids is 2. The van der Waals surface area contributed by atoms with Crippen molar-refractivity contribution in [1.29, 1.82) is 0 Å². The van der Waals surface area contributed by atoms with Gasteiger partial charge in [0.05, 0.1) is 23.6 Å². The van der Waals surface area contributed by atoms with Gasteiger partial charge in [-0.2, -0.15) is 5.10 Å². The van der Waals surface area contributed by atoms with E-state index in [0.29, 0.717) is 6.54 Å². The van der Waals surface area contributed by atoms with E-state index in [1.54, 1.807) is 13.0 Å². The van der Waals surface area contributed by atoms with Crippen LogP contribution in [0, 0.1) is 0 Å². The first-order chi connectivity index (χ1) is 13.0. The molecule has 1 amide bonds. The summed E-state index contributed by atoms with van der Waals surface area (Å²) in [6, 6.07) is 8.04. The predicted octanol–water partition coefficient (Wildman–Crippen LogP) is 2.51. The van der Waals surface area contributed by atoms with Gasteiger partial charge in [-0.1, -0.05) is 19.1 Å². The number of nitrogens with zero attached hydrogens (tertiary/aromatic N) is 4. The number of rotatable bonds is 5. The minimum Gasteiger partial charge on any atom is -0.461 e. The van der Waals surface area contributed by atoms with Crippen LogP contribution < -0.4 is 9.80 Å². The number of para-hydroxylation sites is 2. The van der Waals surface area contributed by atoms with E-state index in [-0.39, 0.29) is 23.8 Å². The lowest BCUT2D eigenvalue weighted by Crippen LogP contribution is -2.24. The number of hydrazone groups is 1. The van der Waals surface area contributed by atoms with Gasteiger partial charge in [0.25, 0.3) is 5.91 Å². The molecule has 27 heavy (non-hydrogen) atoms. The van der Waals surface area contributed by atoms with Gasteiger partial charge in [0.15, 0.2) is 5.71 Å². The Bertz CT molecular complexity index is 826. The van der Waals surface area contributed by atoms with Gasteiger partial charge < -0.3 is 14.5 Å². The second-order valence-corrected chi connectivity index (χ2v) is 6.31. The zero-order valence-electron chi connectivity index (χ0n) is 16.1. The van der Waals surface area contributed by atoms with E-state index in [9.17, 15) is 9.59 Å². The van der Waals surface area contributed by atoms with Gasteiger partial charge in [-0.05, 0) is 37.6 Å². The number of hydrogen-bond donors (Lipinski definition) is 0. The van der Waals surface area contributed by atoms with Gasteiger partial charge >= 0.3 is 5.97 Å². The lowest BCUT2D eigenvalue weighted by Gasteiger charge is -2.17. The van der Waals surface area contributed by atoms with Crippen LogP contribution in [0.4, 0.5) is 11.4 Å². The summed E-state index contributed by atoms with van der Waals surface area (Å²) in [5.74, 6) is 0.0386. The Hall–Kier alpha value is -3.09. The summed E-state index contributed by atoms with van der Waals surface area (Å²) >= 11 is 0. The average molecular weight is 368 g/mol. The Balaban J connectivity index is 1.95. The molecular weight excluding hydrogens is 344 g/mol. The summed E-state index contributed by atoms with van der Waals surface area (Å²) in [6.45, 7) is 4.37. The van der Waals surface area contributed by atoms with Gasteiger partial charge in [0.2, 0.25) is 0 Å². The van der Waals surface area contributed by atoms with Crippen molar-refractivity contribution in [3.8, 4) is 0 Å². The molecule has 2 aliphatic rings. The largest absolute Gasteiger partial charge is 0.461 e. The standard InChI is InChI=1S/C20H24N4O3/c1-5-13-24-19(25)14(18(21-24)20(26)27-6-2)11-12-17-22(3)15-9-7-8-10-16(15)23(17)4/h7-12H,5-6,13H2,1-4H3/b14-11+. The maximum Gasteiger partial charge on any atom is 0.359 e. The minimum absolute atomic E-state index is 0.0629. The monoisotopic (exact) mass is 368 g/mol. The Morgan fingerprint density at radius 2 is 1.74 bits per heavy atom. The molecule has 0 saturated heterocycles. The van der Waals surface area contributed by atoms with Crippen molar-refractivity contribution in [1.82, 2.24) is 5.01 Å². The highest BCUT2D eigenvalue weighted by Crippen LogP contribution is 2.39. The van der Waals surface area contributed by atoms with Crippen molar-refractivity contribution < 1.29 is 14.3 Å². The Labute approximate surface area is 159 Å². The summed E-state index contributed by atoms with van der Waals surface area (Å²) in [7, 11) is 3.93. The number of anilines is 2. The fourth-order valence-electron chi connectivity index (χ4n) is 3.21. The Kier molecular flexibility index (Phi) is 5.30. The molecule has 2 heterocycles. The van der Waals surface area contributed by atoms with E-state index in [2.05, 4.69) is 5.10 Å². The van der Waals surface area contributed by atoms with Crippen LogP contribution >= 0.6 is 0 Å². The molecule has 142 valence electrons. The lowest BCUT2D eigenvalue weighted by molar-refractivity contribution is -0.135. The van der Waals surface area contributed by atoms with E-state index in [1.807, 2.05) is 61.2 Å². The van der Waals surface area contributed by atoms with Crippen molar-refractivity contribution >= 4 is 29.0 Å². The molecule has 0 atom stereocenters. The van der Waals surface area contributed by atoms with Crippen molar-refractivity contribution in [3.63, 3.8) is 0 Å². The summed E-state index contributed by atoms with van der Waals surface area (Å²) in [4.78, 5) is 29.0. The zero-order chi connectivity index (χ0) is 19.6. The van der Waals surface area contributed by atoms with Crippen molar-refractivity contribution in [2.24, 2.45) is 5.10 Å². The van der Waals surface area contributed by atoms with E-state index >= 15 is 0 Å². The number of amides is 1. The molecule has 0 aromatic heterocycles. The third kappa shape index (κ3) is 3.32. The fraction of sp³-hybridized carbons (Fsp3) is 0.350. The third-order valence-electron chi connectivity index (χ3n) is 4.54. The van der Waals surface area contributed by atoms with Crippen molar-refractivity contribution in [2.75, 3.05) is 37.0 Å². The molecular formula is C20H24N4O3. The topological polar surface area (TPSA) is 65.5 Å². The van der Waals surface area contributed by atoms with E-state index in [4.69, 9.17) is 4.74 Å². The van der Waals surface area contributed by atoms with Crippen LogP contribution in [0.1, 0.15) is 20.3 Å². The molecule has 1 aromatic rings. The number of carbonyl (C=O) groups is 2. The molecule has 0 bridgehead atoms. The summed E-state index contributed by atoms with van der Waals surface area (Å²) < 4.78 is 5.06. The minimum atomic E-state index is -0.578. The Morgan fingerprint density at radius 3 is 2.30 bits per heavy atom. The highest BCUT2D eigenvalue weighted by atomic mass is 16.5. The molecule has 1 aromatic carbocycles. The number of ether oxygens (including phenoxy) is 1. The molecule has 0 fully saturated rings. The zero-order valence-corrected chi connectivity index (χ0v) is 16.1. The summed E-state index contributed by atoms with van der Waals surface area (Å²) in [6.07, 6.45) is 4.24. The number of esters is 1. The van der Waals surface area contributed by atoms with Crippen LogP contribution in [0.25, 0.3) is 0 Å². The second-order valence-electron chi connectivity index (χ2n) is 6.31. The van der Waals surface area contributed by atoms with Crippen LogP contribution in [0.15, 0.2) is 52.9 Å². The maximum atomic E-state index is 12.7. The van der Waals surface area contributed by atoms with E-state index in [1.165, 1.54) is 5.01 Å². The summed E-state index contributed by atoms with van der Waals surface area (Å²) in [5.41, 5.74) is 2.48. The molecule has 0 saturated carbocycles. The smallest absolute Gasteiger partial charge is 0.359 e. The van der Waals surface area contributed by atoms with Crippen LogP contribution in [0.3, 0.4) is 0 Å². The van der Waals surface area contributed by atoms with E-state index in [0.717, 1.165) is 23.6 Å². The van der Waals surface area contributed by atoms with Crippen LogP contribution in [0.5, 0.6) is 0 Å². The van der Waals surface area contributed by atoms with Crippen LogP contribution in [-0.2, 0) is 14.3 Å². The summed E-state index contributed by atoms with van der Waals surface area (Å²) in [5, 5.41) is 5.51. The number of hydrogen-bond acceptors (Lipinski definition) is 6. The SMILES string of the molecule is CCCN1N=C(C(=O)OCC)/C(=C\C=C2N(C)c3ccccc3N2C)C1=O. The van der Waals surface area contributed by atoms with Gasteiger partial charge in [-0.25, -0.2) is 9.80 Å². The molecule has 7 nitrogen and oxygen atoms in total. The van der Waals surface area contributed by atoms with Crippen molar-refractivity contribution in [2.45, 2.75) is 20.3 Å². The highest BCUT2D eigenvalue weighted by Gasteiger charge is 2.34. The third-order valence-corrected chi connectivity index (χ3v) is 4.54. The molecule has 0 radical (unpaired) electrons. The van der Waals surface area contributed by atoms with Gasteiger partial charge in [0.1, 0.15) is 5.82 Å². The molecule has 0 unspecified atom stereocenters. The number of benzene rings is 1. The molecule has 0 spiro atoms. The van der Waals surface area contributed by atoms with Gasteiger partial charge in [-0.3, -0.25) is 4.79 Å². The van der Waals surface area contributed by atoms with Crippen LogP contribution in [-0.4, -0.2) is 49.8 Å². The molecule has 0 aliphatic carbocycles. The lowest BCUT2D eigenvalue weighted by atomic mass is 10.1. The maximum absolute atomic E-state index is 12.7. The quantitative estimate of drug-likeness (QED) is 0.590. The first-order valence-electron chi connectivity index (χ1n) is 9.06. The molecule has 2 aliphatic heterocycles. The number of allylic oxidation sites excluding steroid dienone is 2. The predicted molar refractivity (Wildman–Crippen MR) is 105 cm³/mol. The number of fused-ring (bicyclic) bond motifs is 1. The molecule has 0 N–H and O–H groups in total. The fourth-order valence-corrected chi connectivity index (χ4v) is 3.21. The van der Waals surface area contributed by atoms with Gasteiger partial charge in [-0.15, -0.1) is 0 Å². The van der Waals surface area contributed by atoms with Crippen molar-refractivity contribution in [3.05, 3.63) is 47.8 Å². The molecule has 7 heteroatoms. The second kappa shape index (κ2) is 7.65. The average Bonchev–Trinajstić information content (AvgIpc) is 3.10. The van der Waals surface area contributed by atoms with E-state index < -0.39 is 5.97 Å².